The van der Waals surface area contributed by atoms with Gasteiger partial charge in [0.2, 0.25) is 0 Å². The standard InChI is InChI=1S/C15H20FNO2/c1-2-11-5-3-7-14(16)13(11)10-17-8-4-6-12(9-17)15(18)19/h3,5,7,12H,2,4,6,8-10H2,1H3,(H,18,19). The lowest BCUT2D eigenvalue weighted by atomic mass is 9.97. The van der Waals surface area contributed by atoms with Gasteiger partial charge in [0.25, 0.3) is 0 Å². The predicted molar refractivity (Wildman–Crippen MR) is 71.4 cm³/mol. The van der Waals surface area contributed by atoms with Crippen LogP contribution in [0.3, 0.4) is 0 Å². The van der Waals surface area contributed by atoms with Crippen molar-refractivity contribution < 1.29 is 14.3 Å². The summed E-state index contributed by atoms with van der Waals surface area (Å²) in [5.74, 6) is -1.24. The zero-order valence-corrected chi connectivity index (χ0v) is 11.2. The van der Waals surface area contributed by atoms with Crippen LogP contribution in [-0.2, 0) is 17.8 Å². The van der Waals surface area contributed by atoms with Gasteiger partial charge in [0.05, 0.1) is 5.92 Å². The van der Waals surface area contributed by atoms with Crippen molar-refractivity contribution in [1.82, 2.24) is 4.90 Å². The SMILES string of the molecule is CCc1cccc(F)c1CN1CCCC(C(=O)O)C1. The average molecular weight is 265 g/mol. The van der Waals surface area contributed by atoms with E-state index in [2.05, 4.69) is 4.90 Å². The van der Waals surface area contributed by atoms with E-state index in [0.29, 0.717) is 13.1 Å². The van der Waals surface area contributed by atoms with Crippen LogP contribution in [0.1, 0.15) is 30.9 Å². The quantitative estimate of drug-likeness (QED) is 0.910. The number of carboxylic acid groups (broad SMARTS) is 1. The smallest absolute Gasteiger partial charge is 0.307 e. The molecule has 1 atom stereocenters. The third-order valence-corrected chi connectivity index (χ3v) is 3.83. The molecule has 1 aromatic rings. The largest absolute Gasteiger partial charge is 0.481 e. The van der Waals surface area contributed by atoms with Crippen molar-refractivity contribution in [2.45, 2.75) is 32.7 Å². The molecular weight excluding hydrogens is 245 g/mol. The molecule has 0 amide bonds. The van der Waals surface area contributed by atoms with Gasteiger partial charge in [-0.15, -0.1) is 0 Å². The lowest BCUT2D eigenvalue weighted by Gasteiger charge is -2.31. The Morgan fingerprint density at radius 2 is 2.32 bits per heavy atom. The third kappa shape index (κ3) is 3.32. The highest BCUT2D eigenvalue weighted by Gasteiger charge is 2.26. The molecule has 0 spiro atoms. The van der Waals surface area contributed by atoms with Gasteiger partial charge in [-0.3, -0.25) is 9.69 Å². The predicted octanol–water partition coefficient (Wildman–Crippen LogP) is 2.68. The molecule has 0 radical (unpaired) electrons. The number of carboxylic acids is 1. The van der Waals surface area contributed by atoms with E-state index in [9.17, 15) is 9.18 Å². The molecule has 1 heterocycles. The first-order valence-electron chi connectivity index (χ1n) is 6.83. The number of nitrogens with zero attached hydrogens (tertiary/aromatic N) is 1. The Bertz CT molecular complexity index is 461. The van der Waals surface area contributed by atoms with Crippen molar-refractivity contribution in [3.8, 4) is 0 Å². The van der Waals surface area contributed by atoms with E-state index in [0.717, 1.165) is 36.9 Å². The van der Waals surface area contributed by atoms with Crippen LogP contribution in [0.2, 0.25) is 0 Å². The number of halogens is 1. The van der Waals surface area contributed by atoms with E-state index >= 15 is 0 Å². The summed E-state index contributed by atoms with van der Waals surface area (Å²) >= 11 is 0. The summed E-state index contributed by atoms with van der Waals surface area (Å²) < 4.78 is 13.9. The van der Waals surface area contributed by atoms with Gasteiger partial charge in [-0.05, 0) is 37.4 Å². The van der Waals surface area contributed by atoms with Crippen molar-refractivity contribution in [2.24, 2.45) is 5.92 Å². The fourth-order valence-electron chi connectivity index (χ4n) is 2.74. The fourth-order valence-corrected chi connectivity index (χ4v) is 2.74. The molecule has 1 aliphatic rings. The van der Waals surface area contributed by atoms with Gasteiger partial charge in [-0.2, -0.15) is 0 Å². The van der Waals surface area contributed by atoms with Crippen LogP contribution in [0.4, 0.5) is 4.39 Å². The zero-order chi connectivity index (χ0) is 13.8. The molecule has 1 N–H and O–H groups in total. The van der Waals surface area contributed by atoms with Crippen LogP contribution in [0.5, 0.6) is 0 Å². The molecule has 3 nitrogen and oxygen atoms in total. The first-order chi connectivity index (χ1) is 9.11. The van der Waals surface area contributed by atoms with Crippen LogP contribution < -0.4 is 0 Å². The van der Waals surface area contributed by atoms with Crippen LogP contribution in [-0.4, -0.2) is 29.1 Å². The molecule has 104 valence electrons. The van der Waals surface area contributed by atoms with Crippen LogP contribution in [0.25, 0.3) is 0 Å². The van der Waals surface area contributed by atoms with Crippen LogP contribution >= 0.6 is 0 Å². The van der Waals surface area contributed by atoms with Gasteiger partial charge in [0.1, 0.15) is 5.82 Å². The summed E-state index contributed by atoms with van der Waals surface area (Å²) in [5, 5.41) is 9.08. The number of rotatable bonds is 4. The van der Waals surface area contributed by atoms with Gasteiger partial charge in [0.15, 0.2) is 0 Å². The van der Waals surface area contributed by atoms with Crippen molar-refractivity contribution in [2.75, 3.05) is 13.1 Å². The number of likely N-dealkylation sites (tertiary alicyclic amines) is 1. The summed E-state index contributed by atoms with van der Waals surface area (Å²) in [6.07, 6.45) is 2.39. The molecule has 19 heavy (non-hydrogen) atoms. The molecule has 1 aromatic carbocycles. The maximum atomic E-state index is 13.9. The minimum Gasteiger partial charge on any atom is -0.481 e. The number of hydrogen-bond donors (Lipinski definition) is 1. The molecule has 4 heteroatoms. The average Bonchev–Trinajstić information content (AvgIpc) is 2.41. The Kier molecular flexibility index (Phi) is 4.53. The van der Waals surface area contributed by atoms with Crippen molar-refractivity contribution >= 4 is 5.97 Å². The monoisotopic (exact) mass is 265 g/mol. The topological polar surface area (TPSA) is 40.5 Å². The van der Waals surface area contributed by atoms with E-state index in [1.807, 2.05) is 13.0 Å². The third-order valence-electron chi connectivity index (χ3n) is 3.83. The van der Waals surface area contributed by atoms with E-state index in [1.165, 1.54) is 6.07 Å². The molecule has 0 bridgehead atoms. The fraction of sp³-hybridized carbons (Fsp3) is 0.533. The van der Waals surface area contributed by atoms with Crippen molar-refractivity contribution in [1.29, 1.82) is 0 Å². The first-order valence-corrected chi connectivity index (χ1v) is 6.83. The lowest BCUT2D eigenvalue weighted by Crippen LogP contribution is -2.38. The van der Waals surface area contributed by atoms with Crippen molar-refractivity contribution in [3.63, 3.8) is 0 Å². The first kappa shape index (κ1) is 14.0. The molecule has 1 saturated heterocycles. The highest BCUT2D eigenvalue weighted by atomic mass is 19.1. The minimum atomic E-state index is -0.742. The molecule has 0 saturated carbocycles. The Hall–Kier alpha value is -1.42. The molecule has 1 aliphatic heterocycles. The second kappa shape index (κ2) is 6.15. The number of carbonyl (C=O) groups is 1. The molecule has 1 unspecified atom stereocenters. The Morgan fingerprint density at radius 3 is 3.00 bits per heavy atom. The normalized spacial score (nSPS) is 20.4. The summed E-state index contributed by atoms with van der Waals surface area (Å²) in [5.41, 5.74) is 1.73. The Morgan fingerprint density at radius 1 is 1.53 bits per heavy atom. The van der Waals surface area contributed by atoms with Gasteiger partial charge in [-0.1, -0.05) is 19.1 Å². The highest BCUT2D eigenvalue weighted by Crippen LogP contribution is 2.22. The van der Waals surface area contributed by atoms with Gasteiger partial charge in [0, 0.05) is 18.7 Å². The van der Waals surface area contributed by atoms with Gasteiger partial charge >= 0.3 is 5.97 Å². The molecule has 1 fully saturated rings. The van der Waals surface area contributed by atoms with E-state index < -0.39 is 5.97 Å². The number of aryl methyl sites for hydroxylation is 1. The lowest BCUT2D eigenvalue weighted by molar-refractivity contribution is -0.143. The minimum absolute atomic E-state index is 0.184. The second-order valence-electron chi connectivity index (χ2n) is 5.14. The zero-order valence-electron chi connectivity index (χ0n) is 11.2. The van der Waals surface area contributed by atoms with Crippen molar-refractivity contribution in [3.05, 3.63) is 35.1 Å². The van der Waals surface area contributed by atoms with E-state index in [4.69, 9.17) is 5.11 Å². The van der Waals surface area contributed by atoms with Crippen LogP contribution in [0, 0.1) is 11.7 Å². The molecule has 2 rings (SSSR count). The van der Waals surface area contributed by atoms with Gasteiger partial charge < -0.3 is 5.11 Å². The van der Waals surface area contributed by atoms with E-state index in [1.54, 1.807) is 6.07 Å². The number of benzene rings is 1. The summed E-state index contributed by atoms with van der Waals surface area (Å²) in [6, 6.07) is 5.15. The maximum Gasteiger partial charge on any atom is 0.307 e. The number of piperidine rings is 1. The Labute approximate surface area is 113 Å². The van der Waals surface area contributed by atoms with E-state index in [-0.39, 0.29) is 11.7 Å². The number of aliphatic carboxylic acids is 1. The summed E-state index contributed by atoms with van der Waals surface area (Å²) in [6.45, 7) is 3.89. The summed E-state index contributed by atoms with van der Waals surface area (Å²) in [7, 11) is 0. The molecule has 0 aromatic heterocycles. The Balaban J connectivity index is 2.10. The molecule has 0 aliphatic carbocycles. The number of hydrogen-bond acceptors (Lipinski definition) is 2. The molecular formula is C15H20FNO2. The van der Waals surface area contributed by atoms with Crippen LogP contribution in [0.15, 0.2) is 18.2 Å². The summed E-state index contributed by atoms with van der Waals surface area (Å²) in [4.78, 5) is 13.1. The van der Waals surface area contributed by atoms with Gasteiger partial charge in [-0.25, -0.2) is 4.39 Å². The maximum absolute atomic E-state index is 13.9. The second-order valence-corrected chi connectivity index (χ2v) is 5.14. The highest BCUT2D eigenvalue weighted by molar-refractivity contribution is 5.70.